The van der Waals surface area contributed by atoms with Gasteiger partial charge in [0.05, 0.1) is 29.6 Å². The lowest BCUT2D eigenvalue weighted by molar-refractivity contribution is -0.166. The zero-order valence-electron chi connectivity index (χ0n) is 11.1. The van der Waals surface area contributed by atoms with Crippen LogP contribution < -0.4 is 5.32 Å². The van der Waals surface area contributed by atoms with E-state index >= 15 is 0 Å². The number of allylic oxidation sites excluding steroid dienone is 1. The highest BCUT2D eigenvalue weighted by Gasteiger charge is 2.48. The molecule has 1 N–H and O–H groups in total. The van der Waals surface area contributed by atoms with Crippen LogP contribution in [0.5, 0.6) is 0 Å². The van der Waals surface area contributed by atoms with Gasteiger partial charge >= 0.3 is 0 Å². The Morgan fingerprint density at radius 3 is 2.89 bits per heavy atom. The van der Waals surface area contributed by atoms with Crippen molar-refractivity contribution in [2.24, 2.45) is 11.3 Å². The van der Waals surface area contributed by atoms with Gasteiger partial charge in [-0.2, -0.15) is 5.10 Å². The predicted octanol–water partition coefficient (Wildman–Crippen LogP) is 2.44. The Morgan fingerprint density at radius 1 is 1.74 bits per heavy atom. The molecule has 1 aromatic rings. The first-order valence-electron chi connectivity index (χ1n) is 6.22. The van der Waals surface area contributed by atoms with Crippen LogP contribution in [0.1, 0.15) is 13.8 Å². The summed E-state index contributed by atoms with van der Waals surface area (Å²) in [6.45, 7) is 9.28. The van der Waals surface area contributed by atoms with Crippen LogP contribution in [0.15, 0.2) is 23.3 Å². The molecule has 1 amide bonds. The van der Waals surface area contributed by atoms with Crippen LogP contribution in [0.25, 0.3) is 0 Å². The second-order valence-electron chi connectivity index (χ2n) is 5.09. The van der Waals surface area contributed by atoms with Gasteiger partial charge in [0.1, 0.15) is 0 Å². The quantitative estimate of drug-likeness (QED) is 0.845. The van der Waals surface area contributed by atoms with Gasteiger partial charge in [-0.1, -0.05) is 19.9 Å². The van der Waals surface area contributed by atoms with Gasteiger partial charge in [0.2, 0.25) is 5.91 Å². The number of carbonyl (C=O) groups is 1. The van der Waals surface area contributed by atoms with E-state index in [-0.39, 0.29) is 11.8 Å². The summed E-state index contributed by atoms with van der Waals surface area (Å²) in [6.07, 6.45) is 3.57. The van der Waals surface area contributed by atoms with E-state index in [9.17, 15) is 4.79 Å². The van der Waals surface area contributed by atoms with Gasteiger partial charge in [0.15, 0.2) is 5.82 Å². The summed E-state index contributed by atoms with van der Waals surface area (Å²) in [7, 11) is 0. The van der Waals surface area contributed by atoms with Gasteiger partial charge in [-0.05, 0) is 21.8 Å². The topological polar surface area (TPSA) is 56.2 Å². The third-order valence-corrected chi connectivity index (χ3v) is 4.12. The molecule has 19 heavy (non-hydrogen) atoms. The maximum absolute atomic E-state index is 12.4. The summed E-state index contributed by atoms with van der Waals surface area (Å²) >= 11 is 3.40. The van der Waals surface area contributed by atoms with Crippen molar-refractivity contribution in [1.29, 1.82) is 0 Å². The van der Waals surface area contributed by atoms with Gasteiger partial charge in [-0.3, -0.25) is 9.48 Å². The van der Waals surface area contributed by atoms with Crippen molar-refractivity contribution in [3.8, 4) is 0 Å². The fourth-order valence-electron chi connectivity index (χ4n) is 1.99. The Kier molecular flexibility index (Phi) is 4.10. The Hall–Kier alpha value is -1.14. The number of nitrogens with zero attached hydrogens (tertiary/aromatic N) is 2. The largest absolute Gasteiger partial charge is 0.379 e. The van der Waals surface area contributed by atoms with E-state index in [1.165, 1.54) is 0 Å². The fourth-order valence-corrected chi connectivity index (χ4v) is 2.40. The third kappa shape index (κ3) is 2.60. The number of halogens is 1. The SMILES string of the molecule is C=CCn1cc(Br)c(NC(=O)C2(C(C)C)COC2)n1. The Labute approximate surface area is 121 Å². The predicted molar refractivity (Wildman–Crippen MR) is 76.8 cm³/mol. The van der Waals surface area contributed by atoms with Crippen molar-refractivity contribution < 1.29 is 9.53 Å². The monoisotopic (exact) mass is 327 g/mol. The molecule has 1 aliphatic rings. The number of amides is 1. The molecule has 0 atom stereocenters. The average molecular weight is 328 g/mol. The molecule has 1 aliphatic heterocycles. The summed E-state index contributed by atoms with van der Waals surface area (Å²) in [5, 5.41) is 7.18. The van der Waals surface area contributed by atoms with E-state index in [1.807, 2.05) is 20.0 Å². The fraction of sp³-hybridized carbons (Fsp3) is 0.538. The molecule has 2 heterocycles. The zero-order chi connectivity index (χ0) is 14.0. The summed E-state index contributed by atoms with van der Waals surface area (Å²) in [5.74, 6) is 0.743. The number of ether oxygens (including phenoxy) is 1. The van der Waals surface area contributed by atoms with Crippen LogP contribution >= 0.6 is 15.9 Å². The van der Waals surface area contributed by atoms with Crippen molar-refractivity contribution in [3.63, 3.8) is 0 Å². The highest BCUT2D eigenvalue weighted by molar-refractivity contribution is 9.10. The lowest BCUT2D eigenvalue weighted by atomic mass is 9.74. The number of anilines is 1. The molecule has 0 saturated carbocycles. The molecule has 6 heteroatoms. The van der Waals surface area contributed by atoms with E-state index < -0.39 is 5.41 Å². The van der Waals surface area contributed by atoms with E-state index in [2.05, 4.69) is 32.9 Å². The number of nitrogens with one attached hydrogen (secondary N) is 1. The Morgan fingerprint density at radius 2 is 2.42 bits per heavy atom. The van der Waals surface area contributed by atoms with Gasteiger partial charge in [-0.25, -0.2) is 0 Å². The second kappa shape index (κ2) is 5.46. The number of aromatic nitrogens is 2. The van der Waals surface area contributed by atoms with E-state index in [4.69, 9.17) is 4.74 Å². The normalized spacial score (nSPS) is 17.1. The highest BCUT2D eigenvalue weighted by atomic mass is 79.9. The van der Waals surface area contributed by atoms with Crippen LogP contribution in [0.2, 0.25) is 0 Å². The lowest BCUT2D eigenvalue weighted by Crippen LogP contribution is -2.55. The van der Waals surface area contributed by atoms with Gasteiger partial charge in [-0.15, -0.1) is 6.58 Å². The maximum atomic E-state index is 12.4. The van der Waals surface area contributed by atoms with Gasteiger partial charge in [0, 0.05) is 6.20 Å². The summed E-state index contributed by atoms with van der Waals surface area (Å²) in [4.78, 5) is 12.4. The zero-order valence-corrected chi connectivity index (χ0v) is 12.7. The first-order valence-corrected chi connectivity index (χ1v) is 7.02. The second-order valence-corrected chi connectivity index (χ2v) is 5.95. The van der Waals surface area contributed by atoms with Crippen LogP contribution in [-0.2, 0) is 16.1 Å². The molecule has 0 aliphatic carbocycles. The van der Waals surface area contributed by atoms with Crippen molar-refractivity contribution in [2.75, 3.05) is 18.5 Å². The number of carbonyl (C=O) groups excluding carboxylic acids is 1. The maximum Gasteiger partial charge on any atom is 0.236 e. The molecular formula is C13H18BrN3O2. The minimum atomic E-state index is -0.429. The third-order valence-electron chi connectivity index (χ3n) is 3.54. The van der Waals surface area contributed by atoms with Crippen molar-refractivity contribution in [3.05, 3.63) is 23.3 Å². The van der Waals surface area contributed by atoms with Crippen molar-refractivity contribution >= 4 is 27.7 Å². The van der Waals surface area contributed by atoms with Gasteiger partial charge < -0.3 is 10.1 Å². The van der Waals surface area contributed by atoms with Crippen molar-refractivity contribution in [2.45, 2.75) is 20.4 Å². The highest BCUT2D eigenvalue weighted by Crippen LogP contribution is 2.37. The minimum absolute atomic E-state index is 0.0293. The molecule has 0 aromatic carbocycles. The molecule has 1 aromatic heterocycles. The van der Waals surface area contributed by atoms with E-state index in [0.717, 1.165) is 4.47 Å². The molecule has 0 unspecified atom stereocenters. The van der Waals surface area contributed by atoms with E-state index in [1.54, 1.807) is 10.8 Å². The molecule has 1 fully saturated rings. The van der Waals surface area contributed by atoms with Crippen molar-refractivity contribution in [1.82, 2.24) is 9.78 Å². The Bertz CT molecular complexity index is 492. The smallest absolute Gasteiger partial charge is 0.236 e. The van der Waals surface area contributed by atoms with Crippen LogP contribution in [-0.4, -0.2) is 28.9 Å². The van der Waals surface area contributed by atoms with Crippen LogP contribution in [0.3, 0.4) is 0 Å². The average Bonchev–Trinajstić information content (AvgIpc) is 2.57. The van der Waals surface area contributed by atoms with Crippen LogP contribution in [0.4, 0.5) is 5.82 Å². The number of hydrogen-bond acceptors (Lipinski definition) is 3. The lowest BCUT2D eigenvalue weighted by Gasteiger charge is -2.42. The number of rotatable bonds is 5. The molecule has 0 spiro atoms. The van der Waals surface area contributed by atoms with E-state index in [0.29, 0.717) is 25.6 Å². The summed E-state index contributed by atoms with van der Waals surface area (Å²) in [6, 6.07) is 0. The standard InChI is InChI=1S/C13H18BrN3O2/c1-4-5-17-6-10(14)11(16-17)15-12(18)13(9(2)3)7-19-8-13/h4,6,9H,1,5,7-8H2,2-3H3,(H,15,16,18). The summed E-state index contributed by atoms with van der Waals surface area (Å²) in [5.41, 5.74) is -0.429. The minimum Gasteiger partial charge on any atom is -0.379 e. The Balaban J connectivity index is 2.12. The summed E-state index contributed by atoms with van der Waals surface area (Å²) < 4.78 is 7.70. The molecule has 0 radical (unpaired) electrons. The molecular weight excluding hydrogens is 310 g/mol. The van der Waals surface area contributed by atoms with Gasteiger partial charge in [0.25, 0.3) is 0 Å². The first kappa shape index (κ1) is 14.3. The molecule has 1 saturated heterocycles. The molecule has 5 nitrogen and oxygen atoms in total. The molecule has 2 rings (SSSR count). The molecule has 104 valence electrons. The molecule has 0 bridgehead atoms. The number of hydrogen-bond donors (Lipinski definition) is 1. The van der Waals surface area contributed by atoms with Crippen LogP contribution in [0, 0.1) is 11.3 Å². The first-order chi connectivity index (χ1) is 8.99.